The van der Waals surface area contributed by atoms with Crippen LogP contribution >= 0.6 is 23.4 Å². The molecule has 1 N–H and O–H groups in total. The van der Waals surface area contributed by atoms with E-state index in [1.54, 1.807) is 30.3 Å². The van der Waals surface area contributed by atoms with E-state index >= 15 is 0 Å². The summed E-state index contributed by atoms with van der Waals surface area (Å²) in [4.78, 5) is 12.6. The van der Waals surface area contributed by atoms with Gasteiger partial charge < -0.3 is 5.32 Å². The van der Waals surface area contributed by atoms with Crippen LogP contribution in [-0.4, -0.2) is 26.4 Å². The van der Waals surface area contributed by atoms with E-state index in [4.69, 9.17) is 11.6 Å². The highest BCUT2D eigenvalue weighted by atomic mass is 35.5. The van der Waals surface area contributed by atoms with Crippen molar-refractivity contribution < 1.29 is 9.18 Å². The molecule has 0 saturated heterocycles. The molecule has 1 saturated carbocycles. The number of carbonyl (C=O) groups is 1. The zero-order valence-corrected chi connectivity index (χ0v) is 18.8. The third-order valence-corrected chi connectivity index (χ3v) is 6.70. The molecule has 0 aliphatic heterocycles. The number of aryl methyl sites for hydroxylation is 1. The zero-order valence-electron chi connectivity index (χ0n) is 17.3. The van der Waals surface area contributed by atoms with Gasteiger partial charge in [0.15, 0.2) is 11.0 Å². The Bertz CT molecular complexity index is 1080. The first kappa shape index (κ1) is 21.8. The second-order valence-corrected chi connectivity index (χ2v) is 9.12. The van der Waals surface area contributed by atoms with Crippen LogP contribution in [0.2, 0.25) is 5.02 Å². The number of rotatable bonds is 6. The number of carbonyl (C=O) groups excluding carboxylic acids is 1. The number of aromatic nitrogens is 3. The molecule has 5 nitrogen and oxygen atoms in total. The lowest BCUT2D eigenvalue weighted by molar-refractivity contribution is -0.113. The summed E-state index contributed by atoms with van der Waals surface area (Å²) in [6.45, 7) is 1.92. The fourth-order valence-corrected chi connectivity index (χ4v) is 4.89. The lowest BCUT2D eigenvalue weighted by atomic mass is 9.95. The minimum absolute atomic E-state index is 0.152. The number of hydrogen-bond donors (Lipinski definition) is 1. The molecule has 31 heavy (non-hydrogen) atoms. The molecule has 0 atom stereocenters. The third kappa shape index (κ3) is 5.10. The molecule has 0 spiro atoms. The molecule has 4 rings (SSSR count). The number of benzene rings is 2. The Labute approximate surface area is 190 Å². The molecule has 2 aromatic carbocycles. The van der Waals surface area contributed by atoms with Crippen molar-refractivity contribution in [2.75, 3.05) is 11.1 Å². The molecule has 0 bridgehead atoms. The predicted molar refractivity (Wildman–Crippen MR) is 123 cm³/mol. The number of amides is 1. The zero-order chi connectivity index (χ0) is 21.8. The van der Waals surface area contributed by atoms with Gasteiger partial charge in [0.25, 0.3) is 0 Å². The summed E-state index contributed by atoms with van der Waals surface area (Å²) in [6, 6.07) is 12.2. The van der Waals surface area contributed by atoms with Crippen LogP contribution < -0.4 is 5.32 Å². The van der Waals surface area contributed by atoms with Gasteiger partial charge in [-0.1, -0.05) is 60.8 Å². The monoisotopic (exact) mass is 458 g/mol. The normalized spacial score (nSPS) is 14.5. The van der Waals surface area contributed by atoms with Gasteiger partial charge >= 0.3 is 0 Å². The van der Waals surface area contributed by atoms with Crippen LogP contribution in [0.15, 0.2) is 47.6 Å². The highest BCUT2D eigenvalue weighted by molar-refractivity contribution is 7.99. The highest BCUT2D eigenvalue weighted by Gasteiger charge is 2.25. The number of hydrogen-bond acceptors (Lipinski definition) is 4. The Balaban J connectivity index is 1.56. The molecule has 1 aliphatic carbocycles. The minimum Gasteiger partial charge on any atom is -0.325 e. The van der Waals surface area contributed by atoms with E-state index in [9.17, 15) is 9.18 Å². The van der Waals surface area contributed by atoms with Crippen molar-refractivity contribution in [2.24, 2.45) is 0 Å². The topological polar surface area (TPSA) is 59.8 Å². The van der Waals surface area contributed by atoms with Gasteiger partial charge in [0.2, 0.25) is 5.91 Å². The first-order valence-corrected chi connectivity index (χ1v) is 11.8. The molecular weight excluding hydrogens is 435 g/mol. The van der Waals surface area contributed by atoms with Gasteiger partial charge in [-0.15, -0.1) is 10.2 Å². The van der Waals surface area contributed by atoms with Crippen molar-refractivity contribution in [1.29, 1.82) is 0 Å². The van der Waals surface area contributed by atoms with Crippen molar-refractivity contribution >= 4 is 35.0 Å². The number of nitrogens with zero attached hydrogens (tertiary/aromatic N) is 3. The molecule has 8 heteroatoms. The van der Waals surface area contributed by atoms with Gasteiger partial charge in [-0.2, -0.15) is 0 Å². The van der Waals surface area contributed by atoms with Gasteiger partial charge in [-0.25, -0.2) is 4.39 Å². The van der Waals surface area contributed by atoms with Gasteiger partial charge in [0, 0.05) is 16.8 Å². The van der Waals surface area contributed by atoms with E-state index < -0.39 is 0 Å². The summed E-state index contributed by atoms with van der Waals surface area (Å²) >= 11 is 7.37. The van der Waals surface area contributed by atoms with Crippen LogP contribution in [-0.2, 0) is 4.79 Å². The highest BCUT2D eigenvalue weighted by Crippen LogP contribution is 2.36. The molecule has 1 aliphatic rings. The summed E-state index contributed by atoms with van der Waals surface area (Å²) in [5.41, 5.74) is 2.07. The molecule has 1 amide bonds. The maximum absolute atomic E-state index is 14.5. The molecular formula is C23H24ClFN4OS. The summed E-state index contributed by atoms with van der Waals surface area (Å²) in [5, 5.41) is 12.8. The Morgan fingerprint density at radius 1 is 1.19 bits per heavy atom. The second-order valence-electron chi connectivity index (χ2n) is 7.74. The average Bonchev–Trinajstić information content (AvgIpc) is 3.19. The van der Waals surface area contributed by atoms with E-state index in [2.05, 4.69) is 15.5 Å². The SMILES string of the molecule is Cc1ccc(Cl)cc1NC(=O)CSc1nnc(-c2ccccc2F)n1C1CCCCC1. The predicted octanol–water partition coefficient (Wildman–Crippen LogP) is 6.28. The van der Waals surface area contributed by atoms with Crippen LogP contribution in [0.4, 0.5) is 10.1 Å². The number of thioether (sulfide) groups is 1. The number of nitrogens with one attached hydrogen (secondary N) is 1. The first-order valence-electron chi connectivity index (χ1n) is 10.4. The summed E-state index contributed by atoms with van der Waals surface area (Å²) in [7, 11) is 0. The van der Waals surface area contributed by atoms with Crippen LogP contribution in [0, 0.1) is 12.7 Å². The van der Waals surface area contributed by atoms with Crippen LogP contribution in [0.25, 0.3) is 11.4 Å². The molecule has 1 heterocycles. The molecule has 0 unspecified atom stereocenters. The molecule has 162 valence electrons. The van der Waals surface area contributed by atoms with Crippen molar-refractivity contribution in [1.82, 2.24) is 14.8 Å². The summed E-state index contributed by atoms with van der Waals surface area (Å²) < 4.78 is 16.5. The molecule has 3 aromatic rings. The van der Waals surface area contributed by atoms with Crippen LogP contribution in [0.1, 0.15) is 43.7 Å². The fourth-order valence-electron chi connectivity index (χ4n) is 3.92. The summed E-state index contributed by atoms with van der Waals surface area (Å²) in [6.07, 6.45) is 5.45. The van der Waals surface area contributed by atoms with E-state index in [1.807, 2.05) is 17.6 Å². The largest absolute Gasteiger partial charge is 0.325 e. The van der Waals surface area contributed by atoms with Gasteiger partial charge in [-0.3, -0.25) is 9.36 Å². The van der Waals surface area contributed by atoms with Gasteiger partial charge in [0.05, 0.1) is 11.3 Å². The second kappa shape index (κ2) is 9.83. The van der Waals surface area contributed by atoms with Crippen LogP contribution in [0.3, 0.4) is 0 Å². The molecule has 1 aromatic heterocycles. The third-order valence-electron chi connectivity index (χ3n) is 5.53. The van der Waals surface area contributed by atoms with Gasteiger partial charge in [0.1, 0.15) is 5.82 Å². The Kier molecular flexibility index (Phi) is 6.92. The first-order chi connectivity index (χ1) is 15.0. The molecule has 1 fully saturated rings. The van der Waals surface area contributed by atoms with E-state index in [0.29, 0.717) is 27.3 Å². The van der Waals surface area contributed by atoms with E-state index in [-0.39, 0.29) is 23.5 Å². The standard InChI is InChI=1S/C23H24ClFN4OS/c1-15-11-12-16(24)13-20(15)26-21(30)14-31-23-28-27-22(18-9-5-6-10-19(18)25)29(23)17-7-3-2-4-8-17/h5-6,9-13,17H,2-4,7-8,14H2,1H3,(H,26,30). The maximum atomic E-state index is 14.5. The quantitative estimate of drug-likeness (QED) is 0.441. The molecule has 0 radical (unpaired) electrons. The number of anilines is 1. The maximum Gasteiger partial charge on any atom is 0.234 e. The van der Waals surface area contributed by atoms with Crippen molar-refractivity contribution in [2.45, 2.75) is 50.2 Å². The Morgan fingerprint density at radius 3 is 2.74 bits per heavy atom. The lowest BCUT2D eigenvalue weighted by Crippen LogP contribution is -2.18. The van der Waals surface area contributed by atoms with Crippen molar-refractivity contribution in [3.05, 3.63) is 58.9 Å². The average molecular weight is 459 g/mol. The van der Waals surface area contributed by atoms with Crippen LogP contribution in [0.5, 0.6) is 0 Å². The van der Waals surface area contributed by atoms with E-state index in [0.717, 1.165) is 31.2 Å². The lowest BCUT2D eigenvalue weighted by Gasteiger charge is -2.25. The smallest absolute Gasteiger partial charge is 0.234 e. The Hall–Kier alpha value is -2.38. The minimum atomic E-state index is -0.322. The van der Waals surface area contributed by atoms with Crippen molar-refractivity contribution in [3.8, 4) is 11.4 Å². The van der Waals surface area contributed by atoms with Crippen molar-refractivity contribution in [3.63, 3.8) is 0 Å². The van der Waals surface area contributed by atoms with E-state index in [1.165, 1.54) is 24.2 Å². The summed E-state index contributed by atoms with van der Waals surface area (Å²) in [5.74, 6) is 0.228. The fraction of sp³-hybridized carbons (Fsp3) is 0.348. The number of halogens is 2. The Morgan fingerprint density at radius 2 is 1.97 bits per heavy atom. The van der Waals surface area contributed by atoms with Gasteiger partial charge in [-0.05, 0) is 49.6 Å².